The molecular weight excluding hydrogens is 266 g/mol. The van der Waals surface area contributed by atoms with E-state index in [1.165, 1.54) is 0 Å². The van der Waals surface area contributed by atoms with Crippen molar-refractivity contribution < 1.29 is 14.3 Å². The second kappa shape index (κ2) is 5.80. The van der Waals surface area contributed by atoms with Crippen molar-refractivity contribution in [3.05, 3.63) is 40.5 Å². The number of carbonyl (C=O) groups is 2. The second-order valence-corrected chi connectivity index (χ2v) is 4.34. The van der Waals surface area contributed by atoms with E-state index in [0.29, 0.717) is 34.7 Å². The number of hydrogen-bond donors (Lipinski definition) is 0. The molecule has 2 rings (SSSR count). The van der Waals surface area contributed by atoms with Crippen LogP contribution in [0.25, 0.3) is 10.9 Å². The Balaban J connectivity index is 2.53. The maximum absolute atomic E-state index is 11.6. The van der Waals surface area contributed by atoms with E-state index in [1.54, 1.807) is 31.2 Å². The zero-order valence-electron chi connectivity index (χ0n) is 10.4. The topological polar surface area (TPSA) is 56.3 Å². The number of aromatic nitrogens is 1. The minimum absolute atomic E-state index is 0.0410. The minimum atomic E-state index is -0.366. The fourth-order valence-electron chi connectivity index (χ4n) is 1.83. The van der Waals surface area contributed by atoms with Crippen molar-refractivity contribution in [3.63, 3.8) is 0 Å². The van der Waals surface area contributed by atoms with Crippen LogP contribution in [0.1, 0.15) is 23.0 Å². The summed E-state index contributed by atoms with van der Waals surface area (Å²) in [4.78, 5) is 26.6. The second-order valence-electron chi connectivity index (χ2n) is 3.93. The molecule has 2 aromatic rings. The van der Waals surface area contributed by atoms with Gasteiger partial charge in [-0.15, -0.1) is 0 Å². The van der Waals surface area contributed by atoms with E-state index in [2.05, 4.69) is 4.98 Å². The van der Waals surface area contributed by atoms with Crippen molar-refractivity contribution in [2.45, 2.75) is 13.3 Å². The predicted molar refractivity (Wildman–Crippen MR) is 72.5 cm³/mol. The van der Waals surface area contributed by atoms with Gasteiger partial charge in [-0.1, -0.05) is 23.7 Å². The summed E-state index contributed by atoms with van der Waals surface area (Å²) >= 11 is 6.11. The van der Waals surface area contributed by atoms with Gasteiger partial charge in [0.1, 0.15) is 5.69 Å². The van der Waals surface area contributed by atoms with Crippen LogP contribution in [0.2, 0.25) is 5.02 Å². The van der Waals surface area contributed by atoms with Crippen molar-refractivity contribution in [2.75, 3.05) is 6.61 Å². The van der Waals surface area contributed by atoms with Gasteiger partial charge in [0.2, 0.25) is 0 Å². The molecule has 0 fully saturated rings. The summed E-state index contributed by atoms with van der Waals surface area (Å²) < 4.78 is 4.91. The molecule has 4 nitrogen and oxygen atoms in total. The normalized spacial score (nSPS) is 10.4. The van der Waals surface area contributed by atoms with Crippen LogP contribution in [0.3, 0.4) is 0 Å². The monoisotopic (exact) mass is 277 g/mol. The Bertz CT molecular complexity index is 640. The average Bonchev–Trinajstić information content (AvgIpc) is 2.42. The highest BCUT2D eigenvalue weighted by atomic mass is 35.5. The number of halogens is 1. The molecule has 0 aliphatic rings. The number of nitrogens with zero attached hydrogens (tertiary/aromatic N) is 1. The molecule has 1 aromatic heterocycles. The number of fused-ring (bicyclic) bond motifs is 1. The summed E-state index contributed by atoms with van der Waals surface area (Å²) in [6.45, 7) is 2.06. The van der Waals surface area contributed by atoms with Crippen LogP contribution >= 0.6 is 11.6 Å². The Hall–Kier alpha value is -1.94. The quantitative estimate of drug-likeness (QED) is 0.637. The fourth-order valence-corrected chi connectivity index (χ4v) is 2.05. The van der Waals surface area contributed by atoms with E-state index in [9.17, 15) is 9.59 Å². The van der Waals surface area contributed by atoms with E-state index in [1.807, 2.05) is 0 Å². The predicted octanol–water partition coefficient (Wildman–Crippen LogP) is 2.81. The molecule has 0 unspecified atom stereocenters. The summed E-state index contributed by atoms with van der Waals surface area (Å²) in [6.07, 6.45) is 0.702. The van der Waals surface area contributed by atoms with E-state index in [4.69, 9.17) is 16.3 Å². The first-order chi connectivity index (χ1) is 9.15. The highest BCUT2D eigenvalue weighted by Crippen LogP contribution is 2.25. The lowest BCUT2D eigenvalue weighted by Crippen LogP contribution is -2.09. The molecule has 19 heavy (non-hydrogen) atoms. The maximum Gasteiger partial charge on any atom is 0.310 e. The Labute approximate surface area is 115 Å². The molecule has 1 heterocycles. The zero-order chi connectivity index (χ0) is 13.8. The van der Waals surface area contributed by atoms with Crippen LogP contribution in [0, 0.1) is 0 Å². The van der Waals surface area contributed by atoms with Gasteiger partial charge in [0.15, 0.2) is 6.29 Å². The molecule has 0 N–H and O–H groups in total. The van der Waals surface area contributed by atoms with Gasteiger partial charge in [0.25, 0.3) is 0 Å². The first kappa shape index (κ1) is 13.5. The number of ether oxygens (including phenoxy) is 1. The third-order valence-corrected chi connectivity index (χ3v) is 3.03. The Kier molecular flexibility index (Phi) is 4.12. The first-order valence-corrected chi connectivity index (χ1v) is 6.22. The van der Waals surface area contributed by atoms with Crippen LogP contribution in [0.4, 0.5) is 0 Å². The molecule has 5 heteroatoms. The number of esters is 1. The van der Waals surface area contributed by atoms with Crippen LogP contribution in [-0.2, 0) is 16.0 Å². The van der Waals surface area contributed by atoms with E-state index >= 15 is 0 Å². The van der Waals surface area contributed by atoms with Gasteiger partial charge >= 0.3 is 5.97 Å². The van der Waals surface area contributed by atoms with E-state index in [-0.39, 0.29) is 12.4 Å². The third-order valence-electron chi connectivity index (χ3n) is 2.68. The van der Waals surface area contributed by atoms with Crippen LogP contribution < -0.4 is 0 Å². The standard InChI is InChI=1S/C14H12ClNO3/c1-2-19-13(18)7-11-12(15)6-4-9-3-5-10(8-17)16-14(9)11/h3-6,8H,2,7H2,1H3. The molecule has 0 radical (unpaired) electrons. The lowest BCUT2D eigenvalue weighted by molar-refractivity contribution is -0.142. The van der Waals surface area contributed by atoms with Gasteiger partial charge in [0.05, 0.1) is 18.5 Å². The van der Waals surface area contributed by atoms with Gasteiger partial charge < -0.3 is 4.74 Å². The average molecular weight is 278 g/mol. The lowest BCUT2D eigenvalue weighted by Gasteiger charge is -2.08. The summed E-state index contributed by atoms with van der Waals surface area (Å²) in [6, 6.07) is 6.91. The third kappa shape index (κ3) is 2.90. The molecule has 0 atom stereocenters. The molecule has 0 spiro atoms. The maximum atomic E-state index is 11.6. The van der Waals surface area contributed by atoms with Crippen molar-refractivity contribution in [2.24, 2.45) is 0 Å². The fraction of sp³-hybridized carbons (Fsp3) is 0.214. The number of rotatable bonds is 4. The molecule has 0 saturated carbocycles. The summed E-state index contributed by atoms with van der Waals surface area (Å²) in [5.74, 6) is -0.366. The number of aldehydes is 1. The molecule has 98 valence electrons. The van der Waals surface area contributed by atoms with Gasteiger partial charge in [-0.25, -0.2) is 4.98 Å². The van der Waals surface area contributed by atoms with Gasteiger partial charge in [0, 0.05) is 16.0 Å². The van der Waals surface area contributed by atoms with E-state index < -0.39 is 0 Å². The highest BCUT2D eigenvalue weighted by molar-refractivity contribution is 6.32. The molecule has 0 aliphatic heterocycles. The molecule has 0 bridgehead atoms. The number of hydrogen-bond acceptors (Lipinski definition) is 4. The molecular formula is C14H12ClNO3. The first-order valence-electron chi connectivity index (χ1n) is 5.84. The van der Waals surface area contributed by atoms with E-state index in [0.717, 1.165) is 5.39 Å². The van der Waals surface area contributed by atoms with Crippen molar-refractivity contribution in [3.8, 4) is 0 Å². The van der Waals surface area contributed by atoms with Gasteiger partial charge in [-0.2, -0.15) is 0 Å². The van der Waals surface area contributed by atoms with Gasteiger partial charge in [-0.05, 0) is 19.1 Å². The lowest BCUT2D eigenvalue weighted by atomic mass is 10.1. The Morgan fingerprint density at radius 3 is 2.79 bits per heavy atom. The number of benzene rings is 1. The SMILES string of the molecule is CCOC(=O)Cc1c(Cl)ccc2ccc(C=O)nc12. The van der Waals surface area contributed by atoms with Crippen LogP contribution in [-0.4, -0.2) is 23.8 Å². The zero-order valence-corrected chi connectivity index (χ0v) is 11.1. The molecule has 0 amide bonds. The molecule has 0 saturated heterocycles. The Morgan fingerprint density at radius 1 is 1.37 bits per heavy atom. The number of carbonyl (C=O) groups excluding carboxylic acids is 2. The summed E-state index contributed by atoms with van der Waals surface area (Å²) in [7, 11) is 0. The van der Waals surface area contributed by atoms with Gasteiger partial charge in [-0.3, -0.25) is 9.59 Å². The number of pyridine rings is 1. The van der Waals surface area contributed by atoms with Crippen molar-refractivity contribution >= 4 is 34.8 Å². The van der Waals surface area contributed by atoms with Crippen LogP contribution in [0.15, 0.2) is 24.3 Å². The smallest absolute Gasteiger partial charge is 0.310 e. The summed E-state index contributed by atoms with van der Waals surface area (Å²) in [5, 5.41) is 1.27. The van der Waals surface area contributed by atoms with Crippen molar-refractivity contribution in [1.29, 1.82) is 0 Å². The van der Waals surface area contributed by atoms with Crippen molar-refractivity contribution in [1.82, 2.24) is 4.98 Å². The molecule has 0 aliphatic carbocycles. The highest BCUT2D eigenvalue weighted by Gasteiger charge is 2.13. The summed E-state index contributed by atoms with van der Waals surface area (Å²) in [5.41, 5.74) is 1.45. The largest absolute Gasteiger partial charge is 0.466 e. The minimum Gasteiger partial charge on any atom is -0.466 e. The Morgan fingerprint density at radius 2 is 2.11 bits per heavy atom. The van der Waals surface area contributed by atoms with Crippen LogP contribution in [0.5, 0.6) is 0 Å². The molecule has 1 aromatic carbocycles.